The zero-order valence-electron chi connectivity index (χ0n) is 20.3. The Morgan fingerprint density at radius 2 is 1.97 bits per heavy atom. The Labute approximate surface area is 209 Å². The molecule has 1 aliphatic heterocycles. The highest BCUT2D eigenvalue weighted by Gasteiger charge is 2.52. The Kier molecular flexibility index (Phi) is 7.25. The van der Waals surface area contributed by atoms with E-state index in [9.17, 15) is 19.2 Å². The first kappa shape index (κ1) is 24.9. The summed E-state index contributed by atoms with van der Waals surface area (Å²) in [6, 6.07) is 8.49. The number of urea groups is 1. The predicted molar refractivity (Wildman–Crippen MR) is 133 cm³/mol. The number of benzene rings is 1. The average molecular weight is 498 g/mol. The zero-order valence-corrected chi connectivity index (χ0v) is 21.1. The quantitative estimate of drug-likeness (QED) is 0.419. The van der Waals surface area contributed by atoms with Gasteiger partial charge in [0.1, 0.15) is 17.1 Å². The lowest BCUT2D eigenvalue weighted by molar-refractivity contribution is -0.134. The average Bonchev–Trinajstić information content (AvgIpc) is 3.29. The number of nitrogens with zero attached hydrogens (tertiary/aromatic N) is 1. The molecule has 0 bridgehead atoms. The molecule has 9 heteroatoms. The molecule has 1 aromatic carbocycles. The molecule has 35 heavy (non-hydrogen) atoms. The second-order valence-corrected chi connectivity index (χ2v) is 10.3. The number of rotatable bonds is 8. The van der Waals surface area contributed by atoms with Crippen molar-refractivity contribution in [2.45, 2.75) is 58.4 Å². The summed E-state index contributed by atoms with van der Waals surface area (Å²) in [6.07, 6.45) is 3.64. The molecule has 0 radical (unpaired) electrons. The molecule has 2 aromatic rings. The highest BCUT2D eigenvalue weighted by Crippen LogP contribution is 2.40. The number of hydrogen-bond acceptors (Lipinski definition) is 6. The van der Waals surface area contributed by atoms with Crippen LogP contribution in [0.1, 0.15) is 66.4 Å². The molecule has 2 aliphatic rings. The van der Waals surface area contributed by atoms with Gasteiger partial charge in [-0.25, -0.2) is 9.59 Å². The molecule has 8 nitrogen and oxygen atoms in total. The van der Waals surface area contributed by atoms with Crippen LogP contribution in [-0.4, -0.2) is 41.9 Å². The smallest absolute Gasteiger partial charge is 0.341 e. The second-order valence-electron chi connectivity index (χ2n) is 9.17. The van der Waals surface area contributed by atoms with Gasteiger partial charge in [0, 0.05) is 4.88 Å². The van der Waals surface area contributed by atoms with Gasteiger partial charge in [-0.2, -0.15) is 0 Å². The number of carbonyl (C=O) groups is 4. The lowest BCUT2D eigenvalue weighted by Crippen LogP contribution is -2.44. The molecule has 186 valence electrons. The third-order valence-electron chi connectivity index (χ3n) is 6.61. The fourth-order valence-electron chi connectivity index (χ4n) is 4.94. The van der Waals surface area contributed by atoms with E-state index in [2.05, 4.69) is 17.6 Å². The number of imide groups is 1. The third-order valence-corrected chi connectivity index (χ3v) is 7.78. The topological polar surface area (TPSA) is 105 Å². The third kappa shape index (κ3) is 4.69. The molecule has 0 spiro atoms. The van der Waals surface area contributed by atoms with Crippen LogP contribution in [-0.2, 0) is 32.7 Å². The van der Waals surface area contributed by atoms with Gasteiger partial charge in [0.05, 0.1) is 12.2 Å². The minimum absolute atomic E-state index is 0.231. The van der Waals surface area contributed by atoms with Gasteiger partial charge in [0.25, 0.3) is 5.91 Å². The zero-order chi connectivity index (χ0) is 25.2. The van der Waals surface area contributed by atoms with Crippen LogP contribution in [0, 0.1) is 5.92 Å². The molecule has 1 aromatic heterocycles. The van der Waals surface area contributed by atoms with Gasteiger partial charge in [0.15, 0.2) is 0 Å². The molecular weight excluding hydrogens is 466 g/mol. The summed E-state index contributed by atoms with van der Waals surface area (Å²) in [7, 11) is 0. The van der Waals surface area contributed by atoms with Crippen molar-refractivity contribution in [3.05, 3.63) is 51.9 Å². The van der Waals surface area contributed by atoms with Gasteiger partial charge in [-0.15, -0.1) is 11.3 Å². The lowest BCUT2D eigenvalue weighted by Gasteiger charge is -2.26. The molecule has 2 atom stereocenters. The second kappa shape index (κ2) is 10.2. The van der Waals surface area contributed by atoms with Crippen LogP contribution in [0.3, 0.4) is 0 Å². The standard InChI is InChI=1S/C26H31N3O5S/c1-4-13-26(17-9-7-6-8-10-17)24(32)29(25(33)28-26)15-20(30)27-22-21(23(31)34-5-2)18-12-11-16(3)14-19(18)35-22/h6-10,16H,4-5,11-15H2,1-3H3,(H,27,30)(H,28,33)/t16-,26+/m0/s1. The fourth-order valence-corrected chi connectivity index (χ4v) is 6.36. The van der Waals surface area contributed by atoms with E-state index < -0.39 is 35.9 Å². The maximum Gasteiger partial charge on any atom is 0.341 e. The van der Waals surface area contributed by atoms with Gasteiger partial charge in [-0.3, -0.25) is 14.5 Å². The van der Waals surface area contributed by atoms with E-state index in [1.807, 2.05) is 25.1 Å². The minimum atomic E-state index is -1.19. The Balaban J connectivity index is 1.56. The maximum atomic E-state index is 13.5. The van der Waals surface area contributed by atoms with Gasteiger partial charge in [-0.05, 0) is 49.7 Å². The molecule has 1 saturated heterocycles. The van der Waals surface area contributed by atoms with Gasteiger partial charge < -0.3 is 15.4 Å². The molecule has 2 N–H and O–H groups in total. The van der Waals surface area contributed by atoms with Crippen LogP contribution in [0.5, 0.6) is 0 Å². The summed E-state index contributed by atoms with van der Waals surface area (Å²) in [4.78, 5) is 54.1. The molecular formula is C26H31N3O5S. The number of thiophene rings is 1. The Hall–Kier alpha value is -3.20. The van der Waals surface area contributed by atoms with Crippen molar-refractivity contribution in [1.29, 1.82) is 0 Å². The number of fused-ring (bicyclic) bond motifs is 1. The van der Waals surface area contributed by atoms with Gasteiger partial charge in [-0.1, -0.05) is 50.6 Å². The Morgan fingerprint density at radius 1 is 1.23 bits per heavy atom. The maximum absolute atomic E-state index is 13.5. The molecule has 2 heterocycles. The van der Waals surface area contributed by atoms with Crippen molar-refractivity contribution >= 4 is 40.2 Å². The summed E-state index contributed by atoms with van der Waals surface area (Å²) in [6.45, 7) is 5.64. The number of carbonyl (C=O) groups excluding carboxylic acids is 4. The van der Waals surface area contributed by atoms with E-state index in [4.69, 9.17) is 4.74 Å². The van der Waals surface area contributed by atoms with Crippen LogP contribution in [0.15, 0.2) is 30.3 Å². The SMILES string of the molecule is CCC[C@]1(c2ccccc2)NC(=O)N(CC(=O)Nc2sc3c(c2C(=O)OCC)CC[C@H](C)C3)C1=O. The molecule has 1 aliphatic carbocycles. The first-order chi connectivity index (χ1) is 16.8. The van der Waals surface area contributed by atoms with E-state index in [1.54, 1.807) is 19.1 Å². The van der Waals surface area contributed by atoms with E-state index in [1.165, 1.54) is 11.3 Å². The molecule has 1 fully saturated rings. The normalized spacial score (nSPS) is 21.5. The number of nitrogens with one attached hydrogen (secondary N) is 2. The first-order valence-corrected chi connectivity index (χ1v) is 12.9. The van der Waals surface area contributed by atoms with Crippen molar-refractivity contribution in [1.82, 2.24) is 10.2 Å². The number of amides is 4. The molecule has 0 saturated carbocycles. The first-order valence-electron chi connectivity index (χ1n) is 12.1. The van der Waals surface area contributed by atoms with E-state index in [0.29, 0.717) is 34.9 Å². The summed E-state index contributed by atoms with van der Waals surface area (Å²) in [5.74, 6) is -0.951. The number of esters is 1. The highest BCUT2D eigenvalue weighted by molar-refractivity contribution is 7.17. The van der Waals surface area contributed by atoms with Crippen LogP contribution in [0.4, 0.5) is 9.80 Å². The van der Waals surface area contributed by atoms with Gasteiger partial charge >= 0.3 is 12.0 Å². The highest BCUT2D eigenvalue weighted by atomic mass is 32.1. The van der Waals surface area contributed by atoms with Crippen molar-refractivity contribution < 1.29 is 23.9 Å². The predicted octanol–water partition coefficient (Wildman–Crippen LogP) is 4.24. The van der Waals surface area contributed by atoms with Crippen molar-refractivity contribution in [2.75, 3.05) is 18.5 Å². The van der Waals surface area contributed by atoms with Crippen LogP contribution < -0.4 is 10.6 Å². The van der Waals surface area contributed by atoms with E-state index >= 15 is 0 Å². The molecule has 4 amide bonds. The summed E-state index contributed by atoms with van der Waals surface area (Å²) < 4.78 is 5.26. The van der Waals surface area contributed by atoms with Crippen molar-refractivity contribution in [3.8, 4) is 0 Å². The van der Waals surface area contributed by atoms with E-state index in [0.717, 1.165) is 34.6 Å². The molecule has 0 unspecified atom stereocenters. The van der Waals surface area contributed by atoms with Crippen LogP contribution >= 0.6 is 11.3 Å². The Bertz CT molecular complexity index is 1150. The summed E-state index contributed by atoms with van der Waals surface area (Å²) in [5, 5.41) is 6.04. The van der Waals surface area contributed by atoms with Crippen LogP contribution in [0.25, 0.3) is 0 Å². The van der Waals surface area contributed by atoms with Gasteiger partial charge in [0.2, 0.25) is 5.91 Å². The van der Waals surface area contributed by atoms with Crippen molar-refractivity contribution in [2.24, 2.45) is 5.92 Å². The minimum Gasteiger partial charge on any atom is -0.462 e. The molecule has 4 rings (SSSR count). The number of anilines is 1. The largest absolute Gasteiger partial charge is 0.462 e. The summed E-state index contributed by atoms with van der Waals surface area (Å²) >= 11 is 1.38. The lowest BCUT2D eigenvalue weighted by atomic mass is 9.85. The summed E-state index contributed by atoms with van der Waals surface area (Å²) in [5.41, 5.74) is 0.825. The fraction of sp³-hybridized carbons (Fsp3) is 0.462. The van der Waals surface area contributed by atoms with Crippen LogP contribution in [0.2, 0.25) is 0 Å². The van der Waals surface area contributed by atoms with Crippen molar-refractivity contribution in [3.63, 3.8) is 0 Å². The van der Waals surface area contributed by atoms with E-state index in [-0.39, 0.29) is 6.61 Å². The monoisotopic (exact) mass is 497 g/mol. The Morgan fingerprint density at radius 3 is 2.66 bits per heavy atom. The number of hydrogen-bond donors (Lipinski definition) is 2. The number of ether oxygens (including phenoxy) is 1.